The second-order valence-electron chi connectivity index (χ2n) is 7.24. The van der Waals surface area contributed by atoms with Gasteiger partial charge in [-0.15, -0.1) is 13.2 Å². The van der Waals surface area contributed by atoms with Gasteiger partial charge in [-0.25, -0.2) is 4.79 Å². The van der Waals surface area contributed by atoms with Crippen molar-refractivity contribution in [3.63, 3.8) is 0 Å². The van der Waals surface area contributed by atoms with Crippen LogP contribution in [0, 0.1) is 0 Å². The molecule has 0 radical (unpaired) electrons. The van der Waals surface area contributed by atoms with Crippen molar-refractivity contribution in [3.05, 3.63) is 24.3 Å². The van der Waals surface area contributed by atoms with Crippen molar-refractivity contribution in [3.8, 4) is 5.75 Å². The van der Waals surface area contributed by atoms with Crippen molar-refractivity contribution in [2.75, 3.05) is 51.7 Å². The summed E-state index contributed by atoms with van der Waals surface area (Å²) in [6.07, 6.45) is -6.00. The van der Waals surface area contributed by atoms with Gasteiger partial charge in [0, 0.05) is 38.4 Å². The van der Waals surface area contributed by atoms with Gasteiger partial charge in [-0.3, -0.25) is 4.90 Å². The van der Waals surface area contributed by atoms with Crippen molar-refractivity contribution in [2.24, 2.45) is 0 Å². The summed E-state index contributed by atoms with van der Waals surface area (Å²) < 4.78 is 45.9. The summed E-state index contributed by atoms with van der Waals surface area (Å²) >= 11 is 0. The molecule has 0 aromatic heterocycles. The number of aliphatic hydroxyl groups excluding tert-OH is 1. The molecule has 0 bridgehead atoms. The van der Waals surface area contributed by atoms with Crippen LogP contribution >= 0.6 is 0 Å². The molecule has 2 aliphatic rings. The van der Waals surface area contributed by atoms with Gasteiger partial charge >= 0.3 is 12.4 Å². The quantitative estimate of drug-likeness (QED) is 0.664. The van der Waals surface area contributed by atoms with Gasteiger partial charge in [-0.2, -0.15) is 0 Å². The second-order valence-corrected chi connectivity index (χ2v) is 7.24. The maximum atomic E-state index is 12.2. The average molecular weight is 418 g/mol. The number of amides is 2. The van der Waals surface area contributed by atoms with Crippen LogP contribution in [-0.2, 0) is 4.74 Å². The molecule has 0 unspecified atom stereocenters. The highest BCUT2D eigenvalue weighted by molar-refractivity contribution is 5.89. The zero-order valence-corrected chi connectivity index (χ0v) is 16.0. The van der Waals surface area contributed by atoms with E-state index in [1.165, 1.54) is 12.1 Å². The first-order valence-electron chi connectivity index (χ1n) is 9.33. The molecule has 0 spiro atoms. The van der Waals surface area contributed by atoms with Gasteiger partial charge in [0.1, 0.15) is 11.9 Å². The van der Waals surface area contributed by atoms with Crippen LogP contribution in [0.15, 0.2) is 24.3 Å². The molecule has 1 aromatic rings. The summed E-state index contributed by atoms with van der Waals surface area (Å²) in [5, 5.41) is 15.6. The highest BCUT2D eigenvalue weighted by atomic mass is 19.4. The number of nitrogens with one attached hydrogen (secondary N) is 2. The van der Waals surface area contributed by atoms with Crippen LogP contribution in [0.4, 0.5) is 23.7 Å². The Labute approximate surface area is 166 Å². The Bertz CT molecular complexity index is 681. The lowest BCUT2D eigenvalue weighted by Gasteiger charge is -2.34. The lowest BCUT2D eigenvalue weighted by Crippen LogP contribution is -2.51. The summed E-state index contributed by atoms with van der Waals surface area (Å²) in [6, 6.07) is 3.63. The van der Waals surface area contributed by atoms with Gasteiger partial charge in [0.2, 0.25) is 0 Å². The number of anilines is 1. The van der Waals surface area contributed by atoms with Crippen LogP contribution in [0.2, 0.25) is 0 Å². The van der Waals surface area contributed by atoms with Gasteiger partial charge < -0.3 is 30.1 Å². The van der Waals surface area contributed by atoms with Crippen molar-refractivity contribution < 1.29 is 32.5 Å². The maximum Gasteiger partial charge on any atom is 0.573 e. The molecule has 162 valence electrons. The Balaban J connectivity index is 1.44. The number of urea groups is 1. The van der Waals surface area contributed by atoms with E-state index in [2.05, 4.69) is 32.2 Å². The van der Waals surface area contributed by atoms with Crippen LogP contribution in [0.5, 0.6) is 5.75 Å². The summed E-state index contributed by atoms with van der Waals surface area (Å²) in [5.41, 5.74) is 0.291. The third-order valence-electron chi connectivity index (χ3n) is 4.98. The third-order valence-corrected chi connectivity index (χ3v) is 4.98. The molecule has 0 saturated carbocycles. The van der Waals surface area contributed by atoms with Crippen LogP contribution in [0.25, 0.3) is 0 Å². The number of ether oxygens (including phenoxy) is 2. The van der Waals surface area contributed by atoms with Gasteiger partial charge in [0.25, 0.3) is 0 Å². The second kappa shape index (κ2) is 9.16. The summed E-state index contributed by atoms with van der Waals surface area (Å²) in [4.78, 5) is 16.6. The number of aliphatic hydroxyl groups is 1. The van der Waals surface area contributed by atoms with Crippen molar-refractivity contribution in [2.45, 2.75) is 24.6 Å². The van der Waals surface area contributed by atoms with E-state index in [0.29, 0.717) is 12.2 Å². The van der Waals surface area contributed by atoms with Crippen molar-refractivity contribution in [1.29, 1.82) is 0 Å². The molecule has 3 atom stereocenters. The fourth-order valence-corrected chi connectivity index (χ4v) is 3.33. The van der Waals surface area contributed by atoms with Crippen molar-refractivity contribution in [1.82, 2.24) is 15.1 Å². The number of alkyl halides is 3. The molecule has 2 saturated heterocycles. The van der Waals surface area contributed by atoms with Crippen LogP contribution < -0.4 is 15.4 Å². The number of benzene rings is 1. The molecular weight excluding hydrogens is 393 g/mol. The third kappa shape index (κ3) is 6.46. The topological polar surface area (TPSA) is 86.3 Å². The van der Waals surface area contributed by atoms with E-state index in [4.69, 9.17) is 4.74 Å². The number of halogens is 3. The number of likely N-dealkylation sites (N-methyl/N-ethyl adjacent to an activating group) is 1. The molecule has 2 aliphatic heterocycles. The monoisotopic (exact) mass is 418 g/mol. The zero-order valence-electron chi connectivity index (χ0n) is 16.0. The summed E-state index contributed by atoms with van der Waals surface area (Å²) in [7, 11) is 2.06. The SMILES string of the molecule is CN1CCN(C[C@@H]2OC[C@H](NC(=O)Nc3ccc(OC(F)(F)F)cc3)[C@H]2O)CC1. The van der Waals surface area contributed by atoms with E-state index in [1.807, 2.05) is 0 Å². The fourth-order valence-electron chi connectivity index (χ4n) is 3.33. The van der Waals surface area contributed by atoms with E-state index < -0.39 is 24.5 Å². The molecule has 29 heavy (non-hydrogen) atoms. The van der Waals surface area contributed by atoms with E-state index in [9.17, 15) is 23.1 Å². The maximum absolute atomic E-state index is 12.2. The number of hydrogen-bond acceptors (Lipinski definition) is 6. The van der Waals surface area contributed by atoms with Crippen LogP contribution in [-0.4, -0.2) is 91.9 Å². The summed E-state index contributed by atoms with van der Waals surface area (Å²) in [6.45, 7) is 4.49. The largest absolute Gasteiger partial charge is 0.573 e. The van der Waals surface area contributed by atoms with E-state index in [-0.39, 0.29) is 18.5 Å². The number of nitrogens with zero attached hydrogens (tertiary/aromatic N) is 2. The molecule has 8 nitrogen and oxygen atoms in total. The Morgan fingerprint density at radius 2 is 1.90 bits per heavy atom. The first-order valence-corrected chi connectivity index (χ1v) is 9.33. The Morgan fingerprint density at radius 1 is 1.24 bits per heavy atom. The van der Waals surface area contributed by atoms with Gasteiger partial charge in [0.15, 0.2) is 0 Å². The molecule has 2 fully saturated rings. The minimum absolute atomic E-state index is 0.186. The molecule has 11 heteroatoms. The highest BCUT2D eigenvalue weighted by Crippen LogP contribution is 2.24. The van der Waals surface area contributed by atoms with Gasteiger partial charge in [-0.05, 0) is 31.3 Å². The Kier molecular flexibility index (Phi) is 6.83. The number of carbonyl (C=O) groups is 1. The number of hydrogen-bond donors (Lipinski definition) is 3. The number of rotatable bonds is 5. The lowest BCUT2D eigenvalue weighted by molar-refractivity contribution is -0.274. The van der Waals surface area contributed by atoms with Gasteiger partial charge in [-0.1, -0.05) is 0 Å². The minimum atomic E-state index is -4.77. The molecule has 1 aromatic carbocycles. The van der Waals surface area contributed by atoms with E-state index >= 15 is 0 Å². The number of piperazine rings is 1. The standard InChI is InChI=1S/C18H25F3N4O4/c1-24-6-8-25(9-7-24)10-15-16(26)14(11-28-15)23-17(27)22-12-2-4-13(5-3-12)29-18(19,20)21/h2-5,14-16,26H,6-11H2,1H3,(H2,22,23,27)/t14-,15-,16+/m0/s1. The van der Waals surface area contributed by atoms with Crippen LogP contribution in [0.3, 0.4) is 0 Å². The van der Waals surface area contributed by atoms with Crippen LogP contribution in [0.1, 0.15) is 0 Å². The molecule has 3 rings (SSSR count). The van der Waals surface area contributed by atoms with Gasteiger partial charge in [0.05, 0.1) is 18.8 Å². The molecule has 3 N–H and O–H groups in total. The molecule has 2 amide bonds. The van der Waals surface area contributed by atoms with E-state index in [1.54, 1.807) is 0 Å². The smallest absolute Gasteiger partial charge is 0.406 e. The molecule has 0 aliphatic carbocycles. The minimum Gasteiger partial charge on any atom is -0.406 e. The molecular formula is C18H25F3N4O4. The Morgan fingerprint density at radius 3 is 2.52 bits per heavy atom. The summed E-state index contributed by atoms with van der Waals surface area (Å²) in [5.74, 6) is -0.380. The Hall–Kier alpha value is -2.08. The zero-order chi connectivity index (χ0) is 21.0. The lowest BCUT2D eigenvalue weighted by atomic mass is 10.1. The van der Waals surface area contributed by atoms with E-state index in [0.717, 1.165) is 38.3 Å². The fraction of sp³-hybridized carbons (Fsp3) is 0.611. The average Bonchev–Trinajstić information content (AvgIpc) is 2.97. The first kappa shape index (κ1) is 21.6. The normalized spacial score (nSPS) is 26.3. The first-order chi connectivity index (χ1) is 13.7. The highest BCUT2D eigenvalue weighted by Gasteiger charge is 2.38. The predicted octanol–water partition coefficient (Wildman–Crippen LogP) is 1.08. The molecule has 2 heterocycles. The van der Waals surface area contributed by atoms with Crippen molar-refractivity contribution >= 4 is 11.7 Å². The predicted molar refractivity (Wildman–Crippen MR) is 98.8 cm³/mol. The number of carbonyl (C=O) groups excluding carboxylic acids is 1.